The van der Waals surface area contributed by atoms with E-state index in [4.69, 9.17) is 5.73 Å². The van der Waals surface area contributed by atoms with Gasteiger partial charge in [0.1, 0.15) is 0 Å². The Morgan fingerprint density at radius 2 is 1.83 bits per heavy atom. The quantitative estimate of drug-likeness (QED) is 0.630. The summed E-state index contributed by atoms with van der Waals surface area (Å²) in [6.07, 6.45) is 3.07. The highest BCUT2D eigenvalue weighted by Gasteiger charge is 2.07. The molecule has 0 aromatic heterocycles. The fraction of sp³-hybridized carbons (Fsp3) is 0.900. The topological polar surface area (TPSA) is 38.4 Å². The van der Waals surface area contributed by atoms with Gasteiger partial charge in [-0.3, -0.25) is 4.99 Å². The van der Waals surface area contributed by atoms with E-state index in [-0.39, 0.29) is 0 Å². The van der Waals surface area contributed by atoms with Crippen molar-refractivity contribution in [1.29, 1.82) is 0 Å². The van der Waals surface area contributed by atoms with Crippen LogP contribution in [0.15, 0.2) is 4.99 Å². The lowest BCUT2D eigenvalue weighted by Gasteiger charge is -2.13. The second kappa shape index (κ2) is 6.18. The Morgan fingerprint density at radius 3 is 2.17 bits per heavy atom. The molecule has 0 spiro atoms. The first kappa shape index (κ1) is 11.6. The molecule has 0 rings (SSSR count). The fourth-order valence-electron chi connectivity index (χ4n) is 0.912. The van der Waals surface area contributed by atoms with Crippen molar-refractivity contribution in [3.8, 4) is 0 Å². The largest absolute Gasteiger partial charge is 0.328 e. The molecule has 2 N–H and O–H groups in total. The number of aliphatic imine (C=N–C) groups is 1. The number of nitrogens with two attached hydrogens (primary N) is 1. The van der Waals surface area contributed by atoms with Crippen LogP contribution in [0.3, 0.4) is 0 Å². The van der Waals surface area contributed by atoms with E-state index in [1.165, 1.54) is 0 Å². The van der Waals surface area contributed by atoms with E-state index in [1.807, 2.05) is 6.21 Å². The Morgan fingerprint density at radius 1 is 1.25 bits per heavy atom. The SMILES string of the molecule is CC(C)CC=N[C@H](CN)C(C)C. The van der Waals surface area contributed by atoms with Gasteiger partial charge in [0.25, 0.3) is 0 Å². The number of hydrogen-bond donors (Lipinski definition) is 1. The number of hydrogen-bond acceptors (Lipinski definition) is 2. The van der Waals surface area contributed by atoms with Crippen molar-refractivity contribution < 1.29 is 0 Å². The first-order chi connectivity index (χ1) is 5.57. The predicted octanol–water partition coefficient (Wildman–Crippen LogP) is 2.09. The van der Waals surface area contributed by atoms with Crippen molar-refractivity contribution in [2.45, 2.75) is 40.2 Å². The normalized spacial score (nSPS) is 14.9. The van der Waals surface area contributed by atoms with Gasteiger partial charge in [0.05, 0.1) is 6.04 Å². The average Bonchev–Trinajstić information content (AvgIpc) is 1.96. The van der Waals surface area contributed by atoms with Gasteiger partial charge in [-0.05, 0) is 24.5 Å². The van der Waals surface area contributed by atoms with E-state index in [9.17, 15) is 0 Å². The van der Waals surface area contributed by atoms with Gasteiger partial charge >= 0.3 is 0 Å². The molecule has 0 saturated carbocycles. The highest BCUT2D eigenvalue weighted by molar-refractivity contribution is 5.57. The third-order valence-corrected chi connectivity index (χ3v) is 1.88. The molecule has 0 saturated heterocycles. The van der Waals surface area contributed by atoms with Crippen LogP contribution >= 0.6 is 0 Å². The summed E-state index contributed by atoms with van der Waals surface area (Å²) in [4.78, 5) is 4.43. The summed E-state index contributed by atoms with van der Waals surface area (Å²) >= 11 is 0. The van der Waals surface area contributed by atoms with Crippen LogP contribution in [-0.4, -0.2) is 18.8 Å². The van der Waals surface area contributed by atoms with Gasteiger partial charge in [-0.25, -0.2) is 0 Å². The lowest BCUT2D eigenvalue weighted by atomic mass is 10.1. The molecular weight excluding hydrogens is 148 g/mol. The first-order valence-electron chi connectivity index (χ1n) is 4.79. The molecule has 0 aliphatic rings. The summed E-state index contributed by atoms with van der Waals surface area (Å²) in [6.45, 7) is 9.36. The van der Waals surface area contributed by atoms with Gasteiger partial charge in [-0.2, -0.15) is 0 Å². The standard InChI is InChI=1S/C10H22N2/c1-8(2)5-6-12-10(7-11)9(3)4/h6,8-10H,5,7,11H2,1-4H3/t10-/m1/s1. The van der Waals surface area contributed by atoms with Gasteiger partial charge in [0.15, 0.2) is 0 Å². The molecule has 2 nitrogen and oxygen atoms in total. The maximum absolute atomic E-state index is 5.58. The van der Waals surface area contributed by atoms with Crippen molar-refractivity contribution in [2.24, 2.45) is 22.6 Å². The zero-order valence-corrected chi connectivity index (χ0v) is 8.75. The molecule has 0 bridgehead atoms. The molecule has 0 unspecified atom stereocenters. The van der Waals surface area contributed by atoms with Gasteiger partial charge in [0.2, 0.25) is 0 Å². The average molecular weight is 170 g/mol. The van der Waals surface area contributed by atoms with Crippen LogP contribution in [0.25, 0.3) is 0 Å². The summed E-state index contributed by atoms with van der Waals surface area (Å²) in [5, 5.41) is 0. The number of rotatable bonds is 5. The third kappa shape index (κ3) is 5.30. The van der Waals surface area contributed by atoms with Crippen LogP contribution < -0.4 is 5.73 Å². The van der Waals surface area contributed by atoms with E-state index in [0.29, 0.717) is 24.4 Å². The lowest BCUT2D eigenvalue weighted by molar-refractivity contribution is 0.503. The molecule has 0 aromatic carbocycles. The molecule has 2 heteroatoms. The molecule has 0 fully saturated rings. The Labute approximate surface area is 76.3 Å². The summed E-state index contributed by atoms with van der Waals surface area (Å²) in [6, 6.07) is 0.309. The monoisotopic (exact) mass is 170 g/mol. The Hall–Kier alpha value is -0.370. The fourth-order valence-corrected chi connectivity index (χ4v) is 0.912. The minimum atomic E-state index is 0.309. The van der Waals surface area contributed by atoms with E-state index in [2.05, 4.69) is 32.7 Å². The van der Waals surface area contributed by atoms with E-state index < -0.39 is 0 Å². The van der Waals surface area contributed by atoms with Crippen LogP contribution in [0.1, 0.15) is 34.1 Å². The van der Waals surface area contributed by atoms with Crippen LogP contribution in [-0.2, 0) is 0 Å². The van der Waals surface area contributed by atoms with Crippen molar-refractivity contribution >= 4 is 6.21 Å². The zero-order chi connectivity index (χ0) is 9.56. The Kier molecular flexibility index (Phi) is 5.99. The van der Waals surface area contributed by atoms with E-state index in [0.717, 1.165) is 6.42 Å². The maximum atomic E-state index is 5.58. The van der Waals surface area contributed by atoms with Crippen molar-refractivity contribution in [1.82, 2.24) is 0 Å². The van der Waals surface area contributed by atoms with Crippen LogP contribution in [0, 0.1) is 11.8 Å². The molecule has 0 radical (unpaired) electrons. The molecule has 0 aliphatic heterocycles. The highest BCUT2D eigenvalue weighted by atomic mass is 14.8. The van der Waals surface area contributed by atoms with Crippen LogP contribution in [0.2, 0.25) is 0 Å². The molecule has 0 aliphatic carbocycles. The summed E-state index contributed by atoms with van der Waals surface area (Å²) in [5.74, 6) is 1.25. The second-order valence-corrected chi connectivity index (χ2v) is 4.01. The molecule has 1 atom stereocenters. The van der Waals surface area contributed by atoms with Gasteiger partial charge < -0.3 is 5.73 Å². The van der Waals surface area contributed by atoms with Crippen LogP contribution in [0.4, 0.5) is 0 Å². The highest BCUT2D eigenvalue weighted by Crippen LogP contribution is 2.04. The van der Waals surface area contributed by atoms with Gasteiger partial charge in [-0.1, -0.05) is 27.7 Å². The molecular formula is C10H22N2. The molecule has 12 heavy (non-hydrogen) atoms. The Balaban J connectivity index is 3.77. The van der Waals surface area contributed by atoms with Crippen molar-refractivity contribution in [3.05, 3.63) is 0 Å². The third-order valence-electron chi connectivity index (χ3n) is 1.88. The number of nitrogens with zero attached hydrogens (tertiary/aromatic N) is 1. The minimum Gasteiger partial charge on any atom is -0.328 e. The summed E-state index contributed by atoms with van der Waals surface area (Å²) in [5.41, 5.74) is 5.58. The lowest BCUT2D eigenvalue weighted by Crippen LogP contribution is -2.23. The summed E-state index contributed by atoms with van der Waals surface area (Å²) < 4.78 is 0. The zero-order valence-electron chi connectivity index (χ0n) is 8.75. The van der Waals surface area contributed by atoms with Crippen molar-refractivity contribution in [3.63, 3.8) is 0 Å². The van der Waals surface area contributed by atoms with Gasteiger partial charge in [-0.15, -0.1) is 0 Å². The second-order valence-electron chi connectivity index (χ2n) is 4.01. The minimum absolute atomic E-state index is 0.309. The summed E-state index contributed by atoms with van der Waals surface area (Å²) in [7, 11) is 0. The Bertz CT molecular complexity index is 128. The molecule has 0 amide bonds. The predicted molar refractivity (Wildman–Crippen MR) is 55.6 cm³/mol. The van der Waals surface area contributed by atoms with E-state index >= 15 is 0 Å². The molecule has 0 heterocycles. The molecule has 0 aromatic rings. The van der Waals surface area contributed by atoms with Crippen LogP contribution in [0.5, 0.6) is 0 Å². The maximum Gasteiger partial charge on any atom is 0.0640 e. The smallest absolute Gasteiger partial charge is 0.0640 e. The molecule has 72 valence electrons. The van der Waals surface area contributed by atoms with Crippen molar-refractivity contribution in [2.75, 3.05) is 6.54 Å². The van der Waals surface area contributed by atoms with Gasteiger partial charge in [0, 0.05) is 6.54 Å². The van der Waals surface area contributed by atoms with E-state index in [1.54, 1.807) is 0 Å². The first-order valence-corrected chi connectivity index (χ1v) is 4.79.